The second-order valence-electron chi connectivity index (χ2n) is 5.15. The molecule has 2 unspecified atom stereocenters. The van der Waals surface area contributed by atoms with Gasteiger partial charge in [0.2, 0.25) is 5.91 Å². The molecule has 3 N–H and O–H groups in total. The Morgan fingerprint density at radius 2 is 2.21 bits per heavy atom. The molecule has 1 amide bonds. The summed E-state index contributed by atoms with van der Waals surface area (Å²) >= 11 is 0. The summed E-state index contributed by atoms with van der Waals surface area (Å²) in [4.78, 5) is 24.4. The van der Waals surface area contributed by atoms with E-state index in [1.807, 2.05) is 0 Å². The minimum Gasteiger partial charge on any atom is -0.481 e. The quantitative estimate of drug-likeness (QED) is 0.702. The molecule has 0 aromatic carbocycles. The number of amides is 1. The van der Waals surface area contributed by atoms with Crippen molar-refractivity contribution < 1.29 is 19.4 Å². The van der Waals surface area contributed by atoms with Gasteiger partial charge >= 0.3 is 5.97 Å². The molecule has 19 heavy (non-hydrogen) atoms. The number of aliphatic carboxylic acids is 1. The Morgan fingerprint density at radius 1 is 1.47 bits per heavy atom. The number of carboxylic acids is 1. The van der Waals surface area contributed by atoms with E-state index < -0.39 is 5.97 Å². The van der Waals surface area contributed by atoms with Crippen LogP contribution in [0.3, 0.4) is 0 Å². The monoisotopic (exact) mass is 272 g/mol. The van der Waals surface area contributed by atoms with Crippen molar-refractivity contribution in [1.82, 2.24) is 4.90 Å². The molecular weight excluding hydrogens is 248 g/mol. The summed E-state index contributed by atoms with van der Waals surface area (Å²) in [6.45, 7) is 4.10. The lowest BCUT2D eigenvalue weighted by atomic mass is 10.0. The van der Waals surface area contributed by atoms with E-state index in [0.29, 0.717) is 38.6 Å². The molecule has 1 fully saturated rings. The first-order chi connectivity index (χ1) is 9.02. The van der Waals surface area contributed by atoms with Crippen LogP contribution in [0.1, 0.15) is 32.6 Å². The molecule has 2 atom stereocenters. The van der Waals surface area contributed by atoms with Crippen LogP contribution < -0.4 is 5.73 Å². The Kier molecular flexibility index (Phi) is 6.80. The third-order valence-corrected chi connectivity index (χ3v) is 3.40. The molecule has 1 aliphatic rings. The zero-order valence-electron chi connectivity index (χ0n) is 11.5. The maximum absolute atomic E-state index is 12.0. The average molecular weight is 272 g/mol. The Bertz CT molecular complexity index is 309. The van der Waals surface area contributed by atoms with E-state index in [1.54, 1.807) is 4.90 Å². The molecule has 1 aliphatic heterocycles. The summed E-state index contributed by atoms with van der Waals surface area (Å²) in [6, 6.07) is 0. The van der Waals surface area contributed by atoms with Crippen molar-refractivity contribution in [2.24, 2.45) is 11.7 Å². The smallest absolute Gasteiger partial charge is 0.306 e. The maximum atomic E-state index is 12.0. The lowest BCUT2D eigenvalue weighted by Gasteiger charge is -2.32. The van der Waals surface area contributed by atoms with Crippen LogP contribution in [0.25, 0.3) is 0 Å². The highest BCUT2D eigenvalue weighted by Crippen LogP contribution is 2.14. The molecule has 0 saturated carbocycles. The van der Waals surface area contributed by atoms with E-state index in [9.17, 15) is 9.59 Å². The number of carboxylic acid groups (broad SMARTS) is 1. The Balaban J connectivity index is 2.33. The Labute approximate surface area is 113 Å². The molecule has 110 valence electrons. The molecule has 0 aromatic heterocycles. The predicted molar refractivity (Wildman–Crippen MR) is 70.6 cm³/mol. The van der Waals surface area contributed by atoms with Crippen LogP contribution >= 0.6 is 0 Å². The fourth-order valence-corrected chi connectivity index (χ4v) is 2.22. The number of nitrogens with two attached hydrogens (primary N) is 1. The van der Waals surface area contributed by atoms with Crippen LogP contribution in [0, 0.1) is 5.92 Å². The Hall–Kier alpha value is -1.14. The third-order valence-electron chi connectivity index (χ3n) is 3.40. The number of ether oxygens (including phenoxy) is 1. The number of hydrogen-bond acceptors (Lipinski definition) is 4. The van der Waals surface area contributed by atoms with Crippen molar-refractivity contribution in [3.63, 3.8) is 0 Å². The van der Waals surface area contributed by atoms with Crippen LogP contribution in [-0.4, -0.2) is 54.2 Å². The summed E-state index contributed by atoms with van der Waals surface area (Å²) in [5, 5.41) is 8.73. The fourth-order valence-electron chi connectivity index (χ4n) is 2.22. The molecule has 1 rings (SSSR count). The van der Waals surface area contributed by atoms with Crippen molar-refractivity contribution >= 4 is 11.9 Å². The van der Waals surface area contributed by atoms with Crippen molar-refractivity contribution in [3.8, 4) is 0 Å². The van der Waals surface area contributed by atoms with Gasteiger partial charge in [-0.3, -0.25) is 9.59 Å². The normalized spacial score (nSPS) is 21.2. The molecule has 0 aromatic rings. The summed E-state index contributed by atoms with van der Waals surface area (Å²) in [7, 11) is 0. The van der Waals surface area contributed by atoms with Gasteiger partial charge in [-0.15, -0.1) is 0 Å². The Morgan fingerprint density at radius 3 is 2.84 bits per heavy atom. The molecule has 0 spiro atoms. The number of morpholine rings is 1. The fraction of sp³-hybridized carbons (Fsp3) is 0.846. The van der Waals surface area contributed by atoms with E-state index in [1.165, 1.54) is 0 Å². The second-order valence-corrected chi connectivity index (χ2v) is 5.15. The van der Waals surface area contributed by atoms with Crippen LogP contribution in [-0.2, 0) is 14.3 Å². The number of carbonyl (C=O) groups excluding carboxylic acids is 1. The highest BCUT2D eigenvalue weighted by Gasteiger charge is 2.25. The van der Waals surface area contributed by atoms with Crippen LogP contribution in [0.4, 0.5) is 0 Å². The maximum Gasteiger partial charge on any atom is 0.306 e. The van der Waals surface area contributed by atoms with Gasteiger partial charge in [-0.2, -0.15) is 0 Å². The highest BCUT2D eigenvalue weighted by atomic mass is 16.5. The van der Waals surface area contributed by atoms with Gasteiger partial charge in [0.15, 0.2) is 0 Å². The zero-order chi connectivity index (χ0) is 14.3. The number of rotatable bonds is 7. The summed E-state index contributed by atoms with van der Waals surface area (Å²) in [5.41, 5.74) is 5.48. The van der Waals surface area contributed by atoms with Crippen molar-refractivity contribution in [1.29, 1.82) is 0 Å². The molecular formula is C13H24N2O4. The first kappa shape index (κ1) is 15.9. The van der Waals surface area contributed by atoms with E-state index in [0.717, 1.165) is 12.8 Å². The molecule has 0 bridgehead atoms. The number of hydrogen-bond donors (Lipinski definition) is 2. The lowest BCUT2D eigenvalue weighted by Crippen LogP contribution is -2.46. The highest BCUT2D eigenvalue weighted by molar-refractivity contribution is 5.76. The SMILES string of the molecule is CC(CCN)CCC(=O)N1CCOC(CC(=O)O)C1. The number of nitrogens with zero attached hydrogens (tertiary/aromatic N) is 1. The van der Waals surface area contributed by atoms with Gasteiger partial charge in [-0.05, 0) is 25.3 Å². The van der Waals surface area contributed by atoms with Gasteiger partial charge in [0.1, 0.15) is 0 Å². The van der Waals surface area contributed by atoms with Crippen molar-refractivity contribution in [2.45, 2.75) is 38.7 Å². The van der Waals surface area contributed by atoms with E-state index in [2.05, 4.69) is 6.92 Å². The van der Waals surface area contributed by atoms with Crippen LogP contribution in [0.2, 0.25) is 0 Å². The topological polar surface area (TPSA) is 92.9 Å². The van der Waals surface area contributed by atoms with Crippen molar-refractivity contribution in [3.05, 3.63) is 0 Å². The largest absolute Gasteiger partial charge is 0.481 e. The summed E-state index contributed by atoms with van der Waals surface area (Å²) in [5.74, 6) is -0.358. The average Bonchev–Trinajstić information content (AvgIpc) is 2.36. The summed E-state index contributed by atoms with van der Waals surface area (Å²) in [6.07, 6.45) is 1.83. The van der Waals surface area contributed by atoms with Gasteiger partial charge in [0.05, 0.1) is 19.1 Å². The zero-order valence-corrected chi connectivity index (χ0v) is 11.5. The molecule has 1 heterocycles. The molecule has 6 heteroatoms. The minimum atomic E-state index is -0.893. The summed E-state index contributed by atoms with van der Waals surface area (Å²) < 4.78 is 5.34. The molecule has 6 nitrogen and oxygen atoms in total. The second kappa shape index (κ2) is 8.12. The van der Waals surface area contributed by atoms with Crippen LogP contribution in [0.15, 0.2) is 0 Å². The van der Waals surface area contributed by atoms with E-state index in [4.69, 9.17) is 15.6 Å². The van der Waals surface area contributed by atoms with Crippen molar-refractivity contribution in [2.75, 3.05) is 26.2 Å². The predicted octanol–water partition coefficient (Wildman–Crippen LogP) is 0.454. The minimum absolute atomic E-state index is 0.0483. The van der Waals surface area contributed by atoms with E-state index in [-0.39, 0.29) is 18.4 Å². The van der Waals surface area contributed by atoms with Crippen LogP contribution in [0.5, 0.6) is 0 Å². The van der Waals surface area contributed by atoms with Gasteiger partial charge < -0.3 is 20.5 Å². The standard InChI is InChI=1S/C13H24N2O4/c1-10(4-5-14)2-3-12(16)15-6-7-19-11(9-15)8-13(17)18/h10-11H,2-9,14H2,1H3,(H,17,18). The number of carbonyl (C=O) groups is 2. The molecule has 0 aliphatic carbocycles. The third kappa shape index (κ3) is 6.02. The van der Waals surface area contributed by atoms with Gasteiger partial charge in [0.25, 0.3) is 0 Å². The molecule has 0 radical (unpaired) electrons. The first-order valence-electron chi connectivity index (χ1n) is 6.84. The van der Waals surface area contributed by atoms with E-state index >= 15 is 0 Å². The molecule has 1 saturated heterocycles. The first-order valence-corrected chi connectivity index (χ1v) is 6.84. The lowest BCUT2D eigenvalue weighted by molar-refractivity contribution is -0.147. The van der Waals surface area contributed by atoms with Gasteiger partial charge in [-0.25, -0.2) is 0 Å². The van der Waals surface area contributed by atoms with Gasteiger partial charge in [0, 0.05) is 19.5 Å². The van der Waals surface area contributed by atoms with Gasteiger partial charge in [-0.1, -0.05) is 6.92 Å².